The van der Waals surface area contributed by atoms with E-state index in [0.29, 0.717) is 17.5 Å². The van der Waals surface area contributed by atoms with Crippen LogP contribution in [0, 0.1) is 17.1 Å². The lowest BCUT2D eigenvalue weighted by Crippen LogP contribution is -2.14. The molecule has 0 spiro atoms. The number of nitrogens with one attached hydrogen (secondary N) is 1. The van der Waals surface area contributed by atoms with Crippen molar-refractivity contribution in [3.8, 4) is 17.6 Å². The predicted octanol–water partition coefficient (Wildman–Crippen LogP) is 3.96. The Morgan fingerprint density at radius 3 is 2.65 bits per heavy atom. The Bertz CT molecular complexity index is 1060. The molecule has 0 aliphatic rings. The number of hydrogen-bond acceptors (Lipinski definition) is 5. The number of carbonyl (C=O) groups is 2. The molecule has 0 saturated carbocycles. The zero-order chi connectivity index (χ0) is 22.8. The zero-order valence-electron chi connectivity index (χ0n) is 16.9. The molecule has 2 rings (SSSR count). The van der Waals surface area contributed by atoms with E-state index in [1.54, 1.807) is 31.2 Å². The Hall–Kier alpha value is -4.12. The first-order valence-electron chi connectivity index (χ1n) is 9.32. The highest BCUT2D eigenvalue weighted by Gasteiger charge is 2.16. The van der Waals surface area contributed by atoms with E-state index >= 15 is 0 Å². The molecule has 0 saturated heterocycles. The van der Waals surface area contributed by atoms with E-state index in [0.717, 1.165) is 0 Å². The summed E-state index contributed by atoms with van der Waals surface area (Å²) in [7, 11) is 0. The van der Waals surface area contributed by atoms with E-state index in [4.69, 9.17) is 14.6 Å². The lowest BCUT2D eigenvalue weighted by molar-refractivity contribution is -0.139. The average Bonchev–Trinajstić information content (AvgIpc) is 2.73. The number of carboxylic acid groups (broad SMARTS) is 1. The topological polar surface area (TPSA) is 109 Å². The Kier molecular flexibility index (Phi) is 8.34. The van der Waals surface area contributed by atoms with Gasteiger partial charge >= 0.3 is 5.97 Å². The third-order valence-corrected chi connectivity index (χ3v) is 3.96. The monoisotopic (exact) mass is 424 g/mol. The standard InChI is InChI=1S/C23H21FN2O5/c1-3-7-16-10-15(12-20(30-4-2)22(16)31-14-21(27)28)11-17(13-25)23(29)26-19-9-6-5-8-18(19)24/h3,5-6,8-12H,1,4,7,14H2,2H3,(H,26,29)(H,27,28)/b17-11-. The van der Waals surface area contributed by atoms with E-state index < -0.39 is 24.3 Å². The highest BCUT2D eigenvalue weighted by Crippen LogP contribution is 2.34. The second kappa shape index (κ2) is 11.2. The summed E-state index contributed by atoms with van der Waals surface area (Å²) < 4.78 is 24.7. The SMILES string of the molecule is C=CCc1cc(/C=C(/C#N)C(=O)Nc2ccccc2F)cc(OCC)c1OCC(=O)O. The summed E-state index contributed by atoms with van der Waals surface area (Å²) >= 11 is 0. The number of nitrogens with zero attached hydrogens (tertiary/aromatic N) is 1. The normalized spacial score (nSPS) is 10.7. The Morgan fingerprint density at radius 1 is 1.29 bits per heavy atom. The van der Waals surface area contributed by atoms with Crippen LogP contribution in [-0.2, 0) is 16.0 Å². The molecule has 2 aromatic carbocycles. The van der Waals surface area contributed by atoms with Crippen molar-refractivity contribution in [2.45, 2.75) is 13.3 Å². The fraction of sp³-hybridized carbons (Fsp3) is 0.174. The van der Waals surface area contributed by atoms with Gasteiger partial charge in [0.2, 0.25) is 0 Å². The molecule has 0 aromatic heterocycles. The van der Waals surface area contributed by atoms with E-state index in [-0.39, 0.29) is 29.4 Å². The molecule has 7 nitrogen and oxygen atoms in total. The minimum atomic E-state index is -1.15. The molecule has 0 unspecified atom stereocenters. The van der Waals surface area contributed by atoms with Crippen LogP contribution in [0.4, 0.5) is 10.1 Å². The first kappa shape index (κ1) is 23.2. The summed E-state index contributed by atoms with van der Waals surface area (Å²) in [5, 5.41) is 20.7. The number of hydrogen-bond donors (Lipinski definition) is 2. The van der Waals surface area contributed by atoms with Gasteiger partial charge < -0.3 is 19.9 Å². The quantitative estimate of drug-likeness (QED) is 0.339. The highest BCUT2D eigenvalue weighted by atomic mass is 19.1. The van der Waals surface area contributed by atoms with Gasteiger partial charge in [-0.2, -0.15) is 5.26 Å². The molecule has 8 heteroatoms. The van der Waals surface area contributed by atoms with E-state index in [1.165, 1.54) is 30.3 Å². The Morgan fingerprint density at radius 2 is 2.03 bits per heavy atom. The van der Waals surface area contributed by atoms with Gasteiger partial charge in [0.25, 0.3) is 5.91 Å². The number of amides is 1. The van der Waals surface area contributed by atoms with Crippen molar-refractivity contribution in [1.29, 1.82) is 5.26 Å². The van der Waals surface area contributed by atoms with E-state index in [1.807, 2.05) is 0 Å². The number of carbonyl (C=O) groups excluding carboxylic acids is 1. The maximum absolute atomic E-state index is 13.8. The van der Waals surface area contributed by atoms with Gasteiger partial charge in [0, 0.05) is 5.56 Å². The molecule has 0 aliphatic heterocycles. The maximum Gasteiger partial charge on any atom is 0.341 e. The van der Waals surface area contributed by atoms with Crippen LogP contribution in [0.2, 0.25) is 0 Å². The number of nitriles is 1. The number of anilines is 1. The molecular weight excluding hydrogens is 403 g/mol. The van der Waals surface area contributed by atoms with Crippen molar-refractivity contribution >= 4 is 23.6 Å². The lowest BCUT2D eigenvalue weighted by Gasteiger charge is -2.16. The van der Waals surface area contributed by atoms with Gasteiger partial charge in [-0.3, -0.25) is 4.79 Å². The maximum atomic E-state index is 13.8. The second-order valence-corrected chi connectivity index (χ2v) is 6.22. The number of halogens is 1. The molecular formula is C23H21FN2O5. The third kappa shape index (κ3) is 6.44. The molecule has 31 heavy (non-hydrogen) atoms. The number of benzene rings is 2. The summed E-state index contributed by atoms with van der Waals surface area (Å²) in [5.74, 6) is -2.04. The largest absolute Gasteiger partial charge is 0.490 e. The van der Waals surface area contributed by atoms with Crippen LogP contribution in [0.15, 0.2) is 54.6 Å². The zero-order valence-corrected chi connectivity index (χ0v) is 16.9. The number of ether oxygens (including phenoxy) is 2. The number of allylic oxidation sites excluding steroid dienone is 1. The van der Waals surface area contributed by atoms with E-state index in [2.05, 4.69) is 11.9 Å². The van der Waals surface area contributed by atoms with Crippen molar-refractivity contribution in [2.24, 2.45) is 0 Å². The van der Waals surface area contributed by atoms with E-state index in [9.17, 15) is 19.2 Å². The van der Waals surface area contributed by atoms with Gasteiger partial charge in [-0.05, 0) is 49.2 Å². The first-order valence-corrected chi connectivity index (χ1v) is 9.32. The summed E-state index contributed by atoms with van der Waals surface area (Å²) in [6.07, 6.45) is 3.26. The van der Waals surface area contributed by atoms with Gasteiger partial charge in [-0.25, -0.2) is 9.18 Å². The van der Waals surface area contributed by atoms with Gasteiger partial charge in [0.05, 0.1) is 12.3 Å². The van der Waals surface area contributed by atoms with Crippen LogP contribution < -0.4 is 14.8 Å². The molecule has 2 N–H and O–H groups in total. The molecule has 0 radical (unpaired) electrons. The minimum absolute atomic E-state index is 0.0478. The van der Waals surface area contributed by atoms with Crippen LogP contribution >= 0.6 is 0 Å². The molecule has 0 aliphatic carbocycles. The van der Waals surface area contributed by atoms with Gasteiger partial charge in [0.15, 0.2) is 18.1 Å². The minimum Gasteiger partial charge on any atom is -0.490 e. The summed E-state index contributed by atoms with van der Waals surface area (Å²) in [6.45, 7) is 5.15. The summed E-state index contributed by atoms with van der Waals surface area (Å²) in [4.78, 5) is 23.4. The van der Waals surface area contributed by atoms with Crippen LogP contribution in [0.3, 0.4) is 0 Å². The molecule has 0 fully saturated rings. The van der Waals surface area contributed by atoms with Crippen molar-refractivity contribution in [3.63, 3.8) is 0 Å². The van der Waals surface area contributed by atoms with Crippen LogP contribution in [0.1, 0.15) is 18.1 Å². The summed E-state index contributed by atoms with van der Waals surface area (Å²) in [6, 6.07) is 10.6. The van der Waals surface area contributed by atoms with Gasteiger partial charge in [0.1, 0.15) is 17.5 Å². The Balaban J connectivity index is 2.44. The molecule has 0 atom stereocenters. The van der Waals surface area contributed by atoms with Gasteiger partial charge in [-0.1, -0.05) is 18.2 Å². The second-order valence-electron chi connectivity index (χ2n) is 6.22. The summed E-state index contributed by atoms with van der Waals surface area (Å²) in [5.41, 5.74) is 0.714. The van der Waals surface area contributed by atoms with Crippen molar-refractivity contribution in [3.05, 3.63) is 71.6 Å². The number of para-hydroxylation sites is 1. The fourth-order valence-electron chi connectivity index (χ4n) is 2.70. The average molecular weight is 424 g/mol. The highest BCUT2D eigenvalue weighted by molar-refractivity contribution is 6.09. The lowest BCUT2D eigenvalue weighted by atomic mass is 10.0. The molecule has 0 heterocycles. The molecule has 2 aromatic rings. The third-order valence-electron chi connectivity index (χ3n) is 3.96. The van der Waals surface area contributed by atoms with Crippen molar-refractivity contribution in [1.82, 2.24) is 0 Å². The van der Waals surface area contributed by atoms with Crippen LogP contribution in [0.25, 0.3) is 6.08 Å². The van der Waals surface area contributed by atoms with Crippen LogP contribution in [0.5, 0.6) is 11.5 Å². The molecule has 160 valence electrons. The molecule has 1 amide bonds. The first-order chi connectivity index (χ1) is 14.9. The smallest absolute Gasteiger partial charge is 0.341 e. The van der Waals surface area contributed by atoms with Crippen LogP contribution in [-0.4, -0.2) is 30.2 Å². The number of carboxylic acids is 1. The van der Waals surface area contributed by atoms with Gasteiger partial charge in [-0.15, -0.1) is 6.58 Å². The number of aliphatic carboxylic acids is 1. The predicted molar refractivity (Wildman–Crippen MR) is 113 cm³/mol. The fourth-order valence-corrected chi connectivity index (χ4v) is 2.70. The Labute approximate surface area is 179 Å². The van der Waals surface area contributed by atoms with Crippen molar-refractivity contribution in [2.75, 3.05) is 18.5 Å². The number of rotatable bonds is 10. The van der Waals surface area contributed by atoms with Crippen molar-refractivity contribution < 1.29 is 28.6 Å². The molecule has 0 bridgehead atoms.